The van der Waals surface area contributed by atoms with E-state index in [1.807, 2.05) is 39.0 Å². The molecule has 1 aromatic carbocycles. The fourth-order valence-electron chi connectivity index (χ4n) is 2.03. The summed E-state index contributed by atoms with van der Waals surface area (Å²) in [5, 5.41) is 2.93. The maximum atomic E-state index is 12.1. The third kappa shape index (κ3) is 5.21. The molecule has 2 atom stereocenters. The average molecular weight is 278 g/mol. The molecule has 0 heterocycles. The van der Waals surface area contributed by atoms with Crippen molar-refractivity contribution in [2.75, 3.05) is 12.4 Å². The molecular formula is C16H26N2O2. The number of nitrogens with two attached hydrogens (primary N) is 1. The number of ether oxygens (including phenoxy) is 1. The molecule has 0 radical (unpaired) electrons. The van der Waals surface area contributed by atoms with E-state index in [0.717, 1.165) is 30.5 Å². The standard InChI is InChI=1S/C16H26N2O2/c1-11-8-9-14(15(10-11)20-4)18-16(19)12(2)6-5-7-13(3)17/h8-10,12-13H,5-7,17H2,1-4H3,(H,18,19). The van der Waals surface area contributed by atoms with Crippen LogP contribution in [0.5, 0.6) is 5.75 Å². The number of amides is 1. The first-order valence-electron chi connectivity index (χ1n) is 7.15. The first-order chi connectivity index (χ1) is 9.43. The summed E-state index contributed by atoms with van der Waals surface area (Å²) in [6, 6.07) is 5.94. The topological polar surface area (TPSA) is 64.3 Å². The maximum absolute atomic E-state index is 12.1. The lowest BCUT2D eigenvalue weighted by Gasteiger charge is -2.15. The Morgan fingerprint density at radius 2 is 2.05 bits per heavy atom. The summed E-state index contributed by atoms with van der Waals surface area (Å²) in [6.45, 7) is 5.92. The van der Waals surface area contributed by atoms with Gasteiger partial charge in [-0.1, -0.05) is 19.4 Å². The first-order valence-corrected chi connectivity index (χ1v) is 7.15. The van der Waals surface area contributed by atoms with Crippen molar-refractivity contribution in [1.82, 2.24) is 0 Å². The van der Waals surface area contributed by atoms with E-state index in [0.29, 0.717) is 5.75 Å². The van der Waals surface area contributed by atoms with E-state index in [1.54, 1.807) is 7.11 Å². The molecule has 0 aromatic heterocycles. The lowest BCUT2D eigenvalue weighted by molar-refractivity contribution is -0.119. The van der Waals surface area contributed by atoms with Gasteiger partial charge in [-0.05, 0) is 44.4 Å². The fourth-order valence-corrected chi connectivity index (χ4v) is 2.03. The normalized spacial score (nSPS) is 13.7. The van der Waals surface area contributed by atoms with E-state index < -0.39 is 0 Å². The first kappa shape index (κ1) is 16.5. The number of nitrogens with one attached hydrogen (secondary N) is 1. The predicted molar refractivity (Wildman–Crippen MR) is 83.0 cm³/mol. The van der Waals surface area contributed by atoms with Gasteiger partial charge < -0.3 is 15.8 Å². The van der Waals surface area contributed by atoms with Crippen molar-refractivity contribution in [3.63, 3.8) is 0 Å². The Morgan fingerprint density at radius 3 is 2.65 bits per heavy atom. The molecule has 0 aliphatic heterocycles. The third-order valence-electron chi connectivity index (χ3n) is 3.36. The zero-order valence-corrected chi connectivity index (χ0v) is 12.9. The van der Waals surface area contributed by atoms with Gasteiger partial charge in [-0.2, -0.15) is 0 Å². The molecule has 0 aliphatic rings. The molecule has 1 aromatic rings. The number of hydrogen-bond acceptors (Lipinski definition) is 3. The Labute approximate surface area is 121 Å². The summed E-state index contributed by atoms with van der Waals surface area (Å²) in [6.07, 6.45) is 2.77. The van der Waals surface area contributed by atoms with Gasteiger partial charge in [0.1, 0.15) is 5.75 Å². The molecule has 2 unspecified atom stereocenters. The summed E-state index contributed by atoms with van der Waals surface area (Å²) in [5.74, 6) is 0.692. The smallest absolute Gasteiger partial charge is 0.227 e. The van der Waals surface area contributed by atoms with Gasteiger partial charge in [-0.15, -0.1) is 0 Å². The van der Waals surface area contributed by atoms with E-state index in [4.69, 9.17) is 10.5 Å². The monoisotopic (exact) mass is 278 g/mol. The fraction of sp³-hybridized carbons (Fsp3) is 0.562. The number of carbonyl (C=O) groups is 1. The minimum absolute atomic E-state index is 0.0248. The van der Waals surface area contributed by atoms with Gasteiger partial charge in [0.25, 0.3) is 0 Å². The molecule has 0 saturated heterocycles. The number of hydrogen-bond donors (Lipinski definition) is 2. The molecule has 1 amide bonds. The highest BCUT2D eigenvalue weighted by molar-refractivity contribution is 5.93. The predicted octanol–water partition coefficient (Wildman–Crippen LogP) is 3.10. The van der Waals surface area contributed by atoms with Gasteiger partial charge in [-0.25, -0.2) is 0 Å². The largest absolute Gasteiger partial charge is 0.495 e. The highest BCUT2D eigenvalue weighted by Crippen LogP contribution is 2.26. The van der Waals surface area contributed by atoms with Crippen molar-refractivity contribution < 1.29 is 9.53 Å². The van der Waals surface area contributed by atoms with Gasteiger partial charge >= 0.3 is 0 Å². The number of anilines is 1. The molecule has 3 N–H and O–H groups in total. The van der Waals surface area contributed by atoms with Crippen LogP contribution < -0.4 is 15.8 Å². The van der Waals surface area contributed by atoms with Crippen molar-refractivity contribution in [2.24, 2.45) is 11.7 Å². The highest BCUT2D eigenvalue weighted by Gasteiger charge is 2.15. The summed E-state index contributed by atoms with van der Waals surface area (Å²) in [5.41, 5.74) is 7.54. The Bertz CT molecular complexity index is 444. The van der Waals surface area contributed by atoms with E-state index in [9.17, 15) is 4.79 Å². The van der Waals surface area contributed by atoms with Gasteiger partial charge in [-0.3, -0.25) is 4.79 Å². The molecule has 1 rings (SSSR count). The van der Waals surface area contributed by atoms with Crippen LogP contribution in [0, 0.1) is 12.8 Å². The SMILES string of the molecule is COc1cc(C)ccc1NC(=O)C(C)CCCC(C)N. The van der Waals surface area contributed by atoms with Crippen LogP contribution in [0.2, 0.25) is 0 Å². The molecule has 0 saturated carbocycles. The quantitative estimate of drug-likeness (QED) is 0.805. The van der Waals surface area contributed by atoms with Crippen LogP contribution >= 0.6 is 0 Å². The number of benzene rings is 1. The van der Waals surface area contributed by atoms with Crippen LogP contribution in [0.15, 0.2) is 18.2 Å². The molecule has 0 bridgehead atoms. The lowest BCUT2D eigenvalue weighted by Crippen LogP contribution is -2.21. The zero-order chi connectivity index (χ0) is 15.1. The van der Waals surface area contributed by atoms with Gasteiger partial charge in [0.05, 0.1) is 12.8 Å². The van der Waals surface area contributed by atoms with Crippen molar-refractivity contribution in [3.8, 4) is 5.75 Å². The Hall–Kier alpha value is -1.55. The molecular weight excluding hydrogens is 252 g/mol. The number of aryl methyl sites for hydroxylation is 1. The van der Waals surface area contributed by atoms with Crippen LogP contribution in [-0.4, -0.2) is 19.1 Å². The Morgan fingerprint density at radius 1 is 1.35 bits per heavy atom. The van der Waals surface area contributed by atoms with E-state index in [2.05, 4.69) is 5.32 Å². The molecule has 0 aliphatic carbocycles. The number of methoxy groups -OCH3 is 1. The second kappa shape index (κ2) is 7.90. The highest BCUT2D eigenvalue weighted by atomic mass is 16.5. The van der Waals surface area contributed by atoms with Crippen LogP contribution in [0.3, 0.4) is 0 Å². The third-order valence-corrected chi connectivity index (χ3v) is 3.36. The van der Waals surface area contributed by atoms with Crippen molar-refractivity contribution in [3.05, 3.63) is 23.8 Å². The Kier molecular flexibility index (Phi) is 6.52. The van der Waals surface area contributed by atoms with Crippen LogP contribution in [0.1, 0.15) is 38.7 Å². The molecule has 112 valence electrons. The molecule has 4 heteroatoms. The summed E-state index contributed by atoms with van der Waals surface area (Å²) in [7, 11) is 1.61. The minimum atomic E-state index is -0.0280. The number of rotatable bonds is 7. The van der Waals surface area contributed by atoms with Gasteiger partial charge in [0.2, 0.25) is 5.91 Å². The van der Waals surface area contributed by atoms with E-state index in [-0.39, 0.29) is 17.9 Å². The molecule has 0 spiro atoms. The zero-order valence-electron chi connectivity index (χ0n) is 12.9. The lowest BCUT2D eigenvalue weighted by atomic mass is 10.0. The van der Waals surface area contributed by atoms with Crippen molar-refractivity contribution >= 4 is 11.6 Å². The second-order valence-corrected chi connectivity index (χ2v) is 5.50. The minimum Gasteiger partial charge on any atom is -0.495 e. The second-order valence-electron chi connectivity index (χ2n) is 5.50. The van der Waals surface area contributed by atoms with Crippen LogP contribution in [-0.2, 0) is 4.79 Å². The van der Waals surface area contributed by atoms with Crippen LogP contribution in [0.4, 0.5) is 5.69 Å². The van der Waals surface area contributed by atoms with E-state index in [1.165, 1.54) is 0 Å². The van der Waals surface area contributed by atoms with Gasteiger partial charge in [0, 0.05) is 12.0 Å². The molecule has 20 heavy (non-hydrogen) atoms. The van der Waals surface area contributed by atoms with Crippen molar-refractivity contribution in [1.29, 1.82) is 0 Å². The van der Waals surface area contributed by atoms with Gasteiger partial charge in [0.15, 0.2) is 0 Å². The summed E-state index contributed by atoms with van der Waals surface area (Å²) in [4.78, 5) is 12.1. The van der Waals surface area contributed by atoms with Crippen LogP contribution in [0.25, 0.3) is 0 Å². The number of carbonyl (C=O) groups excluding carboxylic acids is 1. The summed E-state index contributed by atoms with van der Waals surface area (Å²) >= 11 is 0. The van der Waals surface area contributed by atoms with E-state index >= 15 is 0 Å². The average Bonchev–Trinajstić information content (AvgIpc) is 2.40. The summed E-state index contributed by atoms with van der Waals surface area (Å²) < 4.78 is 5.29. The Balaban J connectivity index is 2.57. The maximum Gasteiger partial charge on any atom is 0.227 e. The van der Waals surface area contributed by atoms with Crippen molar-refractivity contribution in [2.45, 2.75) is 46.1 Å². The molecule has 0 fully saturated rings. The molecule has 4 nitrogen and oxygen atoms in total.